The Morgan fingerprint density at radius 2 is 0.810 bits per heavy atom. The molecule has 0 aliphatic carbocycles. The van der Waals surface area contributed by atoms with Crippen LogP contribution in [0.4, 0.5) is 0 Å². The molecule has 0 amide bonds. The molecule has 0 bridgehead atoms. The Morgan fingerprint density at radius 1 is 0.534 bits per heavy atom. The molecular formula is C24H31Cl3O4S27. The number of benzene rings is 2. The molecule has 0 saturated carbocycles. The second kappa shape index (κ2) is 50.8. The summed E-state index contributed by atoms with van der Waals surface area (Å²) in [4.78, 5) is 22.0. The van der Waals surface area contributed by atoms with Crippen molar-refractivity contribution >= 4 is 290 Å². The monoisotopic (exact) mass is 1350 g/mol. The maximum atomic E-state index is 11.5. The van der Waals surface area contributed by atoms with Crippen molar-refractivity contribution in [2.75, 3.05) is 13.2 Å². The molecule has 58 heavy (non-hydrogen) atoms. The minimum absolute atomic E-state index is 0.285. The number of carbonyl (C=O) groups excluding carboxylic acids is 2. The third-order valence-corrected chi connectivity index (χ3v) is 59.1. The Morgan fingerprint density at radius 3 is 1.03 bits per heavy atom. The molecule has 0 radical (unpaired) electrons. The lowest BCUT2D eigenvalue weighted by Crippen LogP contribution is -2.11. The number of esters is 1. The lowest BCUT2D eigenvalue weighted by molar-refractivity contribution is 0.0447. The highest BCUT2D eigenvalue weighted by Crippen LogP contribution is 2.12. The van der Waals surface area contributed by atoms with Gasteiger partial charge in [0.2, 0.25) is 0 Å². The summed E-state index contributed by atoms with van der Waals surface area (Å²) in [6, 6.07) is 13.1. The molecule has 0 saturated heterocycles. The van der Waals surface area contributed by atoms with Crippen molar-refractivity contribution in [3.8, 4) is 0 Å². The van der Waals surface area contributed by atoms with E-state index >= 15 is 0 Å². The predicted molar refractivity (Wildman–Crippen MR) is 328 cm³/mol. The van der Waals surface area contributed by atoms with Gasteiger partial charge in [-0.15, -0.1) is 0 Å². The number of aliphatic hydroxyl groups is 1. The number of ether oxygens (including phenoxy) is 1. The molecule has 4 nitrogen and oxygen atoms in total. The molecule has 2 unspecified atom stereocenters. The van der Waals surface area contributed by atoms with E-state index in [4.69, 9.17) is 67.0 Å². The largest absolute Gasteiger partial charge is 0.462 e. The van der Waals surface area contributed by atoms with Crippen LogP contribution in [-0.2, 0) is 249 Å². The van der Waals surface area contributed by atoms with Crippen LogP contribution in [0.5, 0.6) is 0 Å². The smallest absolute Gasteiger partial charge is 0.338 e. The molecule has 0 heterocycles. The van der Waals surface area contributed by atoms with Crippen LogP contribution < -0.4 is 0 Å². The molecular weight excluding hydrogens is 1320 g/mol. The normalized spacial score (nSPS) is 9.79. The van der Waals surface area contributed by atoms with E-state index in [1.165, 1.54) is 17.8 Å². The quantitative estimate of drug-likeness (QED) is 0.234. The molecule has 334 valence electrons. The number of aliphatic hydroxyl groups excluding tert-OH is 1. The second-order valence-corrected chi connectivity index (χ2v) is 54.2. The van der Waals surface area contributed by atoms with E-state index in [1.54, 1.807) is 173 Å². The Balaban J connectivity index is 0. The standard InChI is InChI=1S/C12H15ClO2.C7H4Cl2O.C5H12O.S27/c1-3-9(2)8-15-12(14)10-4-6-11(13)7-5-10;8-6-3-1-5(2-4-6)7(9)10;1-3-5(2)4-6;1-3-5-7-9-11-13-15-17-19-21-23-25-27-26-24-22-20-18-16-14-12-10-8-6-4-2/h4-7,9H,3,8H2,1-2H3;1-4H;5-6H,3-4H2,1-2H3;. The first-order chi connectivity index (χ1) is 28.1. The number of halogens is 3. The van der Waals surface area contributed by atoms with Gasteiger partial charge in [-0.05, 0) is 72.0 Å². The summed E-state index contributed by atoms with van der Waals surface area (Å²) >= 11 is 26.0. The predicted octanol–water partition coefficient (Wildman–Crippen LogP) is 7.22. The maximum Gasteiger partial charge on any atom is 0.338 e. The van der Waals surface area contributed by atoms with Gasteiger partial charge in [0.15, 0.2) is 0 Å². The second-order valence-electron chi connectivity index (χ2n) is 8.80. The summed E-state index contributed by atoms with van der Waals surface area (Å²) in [5, 5.41) is 9.09. The lowest BCUT2D eigenvalue weighted by Gasteiger charge is -2.09. The molecule has 0 aliphatic heterocycles. The minimum atomic E-state index is -0.461. The van der Waals surface area contributed by atoms with Crippen LogP contribution in [0, 0.1) is 11.8 Å². The van der Waals surface area contributed by atoms with Gasteiger partial charge in [-0.1, -0.05) is 63.7 Å². The average molecular weight is 1360 g/mol. The maximum absolute atomic E-state index is 11.5. The van der Waals surface area contributed by atoms with E-state index in [1.807, 2.05) is 86.8 Å². The molecule has 0 fully saturated rings. The van der Waals surface area contributed by atoms with Crippen molar-refractivity contribution in [1.29, 1.82) is 0 Å². The van der Waals surface area contributed by atoms with Gasteiger partial charge in [0.05, 0.1) is 12.2 Å². The minimum Gasteiger partial charge on any atom is -0.462 e. The number of hydrogen-bond acceptors (Lipinski definition) is 6. The summed E-state index contributed by atoms with van der Waals surface area (Å²) in [7, 11) is 43.6. The number of carbonyl (C=O) groups is 2. The van der Waals surface area contributed by atoms with Gasteiger partial charge in [-0.2, -0.15) is 0 Å². The molecule has 0 spiro atoms. The fourth-order valence-electron chi connectivity index (χ4n) is 1.98. The first-order valence-electron chi connectivity index (χ1n) is 14.5. The summed E-state index contributed by atoms with van der Waals surface area (Å²) in [5.41, 5.74) is 1.01. The Kier molecular flexibility index (Phi) is 56.4. The van der Waals surface area contributed by atoms with Crippen molar-refractivity contribution in [3.05, 3.63) is 69.7 Å². The van der Waals surface area contributed by atoms with E-state index < -0.39 is 5.24 Å². The molecule has 2 aromatic rings. The zero-order chi connectivity index (χ0) is 43.5. The fourth-order valence-corrected chi connectivity index (χ4v) is 65.5. The van der Waals surface area contributed by atoms with Crippen LogP contribution in [0.25, 0.3) is 0 Å². The van der Waals surface area contributed by atoms with E-state index in [0.717, 1.165) is 12.8 Å². The molecule has 0 aromatic heterocycles. The summed E-state index contributed by atoms with van der Waals surface area (Å²) in [6.07, 6.45) is 2.09. The molecule has 2 aromatic carbocycles. The highest BCUT2D eigenvalue weighted by Gasteiger charge is 2.08. The molecule has 0 aliphatic rings. The van der Waals surface area contributed by atoms with Gasteiger partial charge in [0.25, 0.3) is 5.24 Å². The van der Waals surface area contributed by atoms with Gasteiger partial charge in [-0.3, -0.25) is 4.79 Å². The third-order valence-electron chi connectivity index (χ3n) is 5.02. The Labute approximate surface area is 436 Å². The first kappa shape index (κ1) is 64.4. The van der Waals surface area contributed by atoms with Crippen LogP contribution >= 0.6 is 34.8 Å². The van der Waals surface area contributed by atoms with E-state index in [9.17, 15) is 9.59 Å². The Hall–Kier alpha value is 4.35. The summed E-state index contributed by atoms with van der Waals surface area (Å²) in [5.74, 6) is 0.609. The fraction of sp³-hybridized carbons (Fsp3) is 0.417. The van der Waals surface area contributed by atoms with Crippen molar-refractivity contribution in [3.63, 3.8) is 0 Å². The van der Waals surface area contributed by atoms with Crippen LogP contribution in [-0.4, -0.2) is 29.5 Å². The zero-order valence-electron chi connectivity index (χ0n) is 29.4. The van der Waals surface area contributed by atoms with Gasteiger partial charge in [0, 0.05) is 267 Å². The van der Waals surface area contributed by atoms with Crippen LogP contribution in [0.3, 0.4) is 0 Å². The Bertz CT molecular complexity index is 2610. The highest BCUT2D eigenvalue weighted by molar-refractivity contribution is 8.79. The highest BCUT2D eigenvalue weighted by atomic mass is 35.5. The van der Waals surface area contributed by atoms with E-state index in [-0.39, 0.29) is 5.97 Å². The third kappa shape index (κ3) is 46.9. The van der Waals surface area contributed by atoms with E-state index in [2.05, 4.69) is 20.8 Å². The van der Waals surface area contributed by atoms with Crippen LogP contribution in [0.1, 0.15) is 61.3 Å². The van der Waals surface area contributed by atoms with Gasteiger partial charge in [0.1, 0.15) is 0 Å². The van der Waals surface area contributed by atoms with Gasteiger partial charge in [-0.25, -0.2) is 4.79 Å². The first-order valence-corrected chi connectivity index (χ1v) is 50.3. The molecule has 1 N–H and O–H groups in total. The topological polar surface area (TPSA) is 63.6 Å². The van der Waals surface area contributed by atoms with Crippen LogP contribution in [0.2, 0.25) is 10.0 Å². The lowest BCUT2D eigenvalue weighted by atomic mass is 10.1. The summed E-state index contributed by atoms with van der Waals surface area (Å²) < 4.78 is 5.14. The molecule has 34 heteroatoms. The molecule has 2 atom stereocenters. The SMILES string of the molecule is CCC(C)CO.CCC(C)COC(=O)c1ccc(Cl)cc1.O=C(Cl)c1ccc(Cl)cc1.S=S=S=S=S=S=S=S=S=S=S=S=S=S=S=S=S=S=S=S=S=S=S=S=S=S=S. The van der Waals surface area contributed by atoms with Crippen molar-refractivity contribution < 1.29 is 19.4 Å². The van der Waals surface area contributed by atoms with E-state index in [0.29, 0.717) is 46.2 Å². The van der Waals surface area contributed by atoms with Crippen LogP contribution in [0.15, 0.2) is 48.5 Å². The van der Waals surface area contributed by atoms with Crippen molar-refractivity contribution in [2.24, 2.45) is 11.8 Å². The number of rotatable bonds is 7. The van der Waals surface area contributed by atoms with Gasteiger partial charge < -0.3 is 9.84 Å². The molecule has 2 rings (SSSR count). The zero-order valence-corrected chi connectivity index (χ0v) is 53.7. The van der Waals surface area contributed by atoms with Crippen molar-refractivity contribution in [2.45, 2.75) is 40.5 Å². The summed E-state index contributed by atoms with van der Waals surface area (Å²) in [6.45, 7) is 9.02. The van der Waals surface area contributed by atoms with Crippen molar-refractivity contribution in [1.82, 2.24) is 0 Å². The average Bonchev–Trinajstić information content (AvgIpc) is 3.23. The van der Waals surface area contributed by atoms with Gasteiger partial charge >= 0.3 is 5.97 Å². The number of hydrogen-bond donors (Lipinski definition) is 1.